The first-order valence-corrected chi connectivity index (χ1v) is 10.5. The van der Waals surface area contributed by atoms with E-state index in [4.69, 9.17) is 13.9 Å². The zero-order valence-electron chi connectivity index (χ0n) is 17.8. The Bertz CT molecular complexity index is 1250. The van der Waals surface area contributed by atoms with E-state index in [2.05, 4.69) is 5.32 Å². The molecule has 6 nitrogen and oxygen atoms in total. The van der Waals surface area contributed by atoms with Crippen molar-refractivity contribution >= 4 is 22.6 Å². The molecule has 0 fully saturated rings. The Labute approximate surface area is 189 Å². The van der Waals surface area contributed by atoms with E-state index in [1.165, 1.54) is 18.2 Å². The molecule has 168 valence electrons. The average Bonchev–Trinajstić information content (AvgIpc) is 3.31. The Morgan fingerprint density at radius 2 is 1.70 bits per heavy atom. The van der Waals surface area contributed by atoms with Gasteiger partial charge in [0.25, 0.3) is 5.91 Å². The minimum Gasteiger partial charge on any atom is -0.486 e. The molecule has 3 aromatic carbocycles. The molecule has 7 heteroatoms. The van der Waals surface area contributed by atoms with Gasteiger partial charge in [-0.05, 0) is 59.2 Å². The van der Waals surface area contributed by atoms with Gasteiger partial charge in [-0.25, -0.2) is 9.18 Å². The van der Waals surface area contributed by atoms with Gasteiger partial charge in [0.2, 0.25) is 5.76 Å². The highest BCUT2D eigenvalue weighted by atomic mass is 19.1. The van der Waals surface area contributed by atoms with Gasteiger partial charge in [0.05, 0.1) is 0 Å². The van der Waals surface area contributed by atoms with Crippen molar-refractivity contribution in [3.05, 3.63) is 102 Å². The van der Waals surface area contributed by atoms with Crippen molar-refractivity contribution in [2.75, 3.05) is 13.2 Å². The van der Waals surface area contributed by atoms with Gasteiger partial charge in [-0.1, -0.05) is 42.5 Å². The molecule has 1 N–H and O–H groups in total. The number of hydrogen-bond acceptors (Lipinski definition) is 5. The number of fused-ring (bicyclic) bond motifs is 1. The van der Waals surface area contributed by atoms with Crippen molar-refractivity contribution in [1.29, 1.82) is 0 Å². The van der Waals surface area contributed by atoms with Crippen LogP contribution >= 0.6 is 0 Å². The largest absolute Gasteiger partial charge is 0.486 e. The summed E-state index contributed by atoms with van der Waals surface area (Å²) in [4.78, 5) is 24.0. The van der Waals surface area contributed by atoms with Gasteiger partial charge in [-0.3, -0.25) is 4.79 Å². The molecule has 0 aliphatic rings. The minimum absolute atomic E-state index is 0.00813. The quantitative estimate of drug-likeness (QED) is 0.378. The van der Waals surface area contributed by atoms with Crippen LogP contribution in [0, 0.1) is 5.82 Å². The van der Waals surface area contributed by atoms with Gasteiger partial charge < -0.3 is 19.2 Å². The summed E-state index contributed by atoms with van der Waals surface area (Å²) in [5, 5.41) is 4.83. The number of benzene rings is 3. The molecular weight excluding hydrogens is 425 g/mol. The topological polar surface area (TPSA) is 77.8 Å². The molecule has 0 aliphatic heterocycles. The number of furan rings is 1. The van der Waals surface area contributed by atoms with Gasteiger partial charge in [0, 0.05) is 6.54 Å². The van der Waals surface area contributed by atoms with Crippen LogP contribution in [0.4, 0.5) is 4.39 Å². The minimum atomic E-state index is -0.736. The molecule has 4 aromatic rings. The monoisotopic (exact) mass is 447 g/mol. The van der Waals surface area contributed by atoms with Crippen molar-refractivity contribution in [1.82, 2.24) is 5.32 Å². The first kappa shape index (κ1) is 22.1. The molecule has 0 saturated carbocycles. The second-order valence-electron chi connectivity index (χ2n) is 7.37. The smallest absolute Gasteiger partial charge is 0.374 e. The maximum Gasteiger partial charge on any atom is 0.374 e. The first-order valence-electron chi connectivity index (χ1n) is 10.5. The molecular formula is C26H22FNO5. The molecule has 0 spiro atoms. The van der Waals surface area contributed by atoms with Crippen LogP contribution in [0.2, 0.25) is 0 Å². The van der Waals surface area contributed by atoms with E-state index in [0.717, 1.165) is 16.3 Å². The van der Waals surface area contributed by atoms with Crippen LogP contribution in [0.25, 0.3) is 10.8 Å². The lowest BCUT2D eigenvalue weighted by Crippen LogP contribution is -2.30. The molecule has 0 radical (unpaired) electrons. The Morgan fingerprint density at radius 1 is 0.909 bits per heavy atom. The predicted octanol–water partition coefficient (Wildman–Crippen LogP) is 4.67. The standard InChI is InChI=1S/C26H22FNO5/c27-21-8-5-18(6-9-21)13-14-28-25(29)17-32-26(30)24-12-11-23(33-24)16-31-22-10-7-19-3-1-2-4-20(19)15-22/h1-12,15H,13-14,16-17H2,(H,28,29). The van der Waals surface area contributed by atoms with Crippen LogP contribution in [-0.4, -0.2) is 25.0 Å². The predicted molar refractivity (Wildman–Crippen MR) is 120 cm³/mol. The van der Waals surface area contributed by atoms with Crippen molar-refractivity contribution in [2.45, 2.75) is 13.0 Å². The molecule has 1 heterocycles. The van der Waals surface area contributed by atoms with E-state index in [1.54, 1.807) is 18.2 Å². The second-order valence-corrected chi connectivity index (χ2v) is 7.37. The summed E-state index contributed by atoms with van der Waals surface area (Å²) < 4.78 is 29.1. The first-order chi connectivity index (χ1) is 16.1. The Hall–Kier alpha value is -4.13. The fourth-order valence-electron chi connectivity index (χ4n) is 3.23. The number of nitrogens with one attached hydrogen (secondary N) is 1. The molecule has 0 unspecified atom stereocenters. The van der Waals surface area contributed by atoms with E-state index in [9.17, 15) is 14.0 Å². The SMILES string of the molecule is O=C(COC(=O)c1ccc(COc2ccc3ccccc3c2)o1)NCCc1ccc(F)cc1. The Morgan fingerprint density at radius 3 is 2.52 bits per heavy atom. The number of esters is 1. The zero-order chi connectivity index (χ0) is 23.0. The molecule has 4 rings (SSSR count). The molecule has 0 bridgehead atoms. The summed E-state index contributed by atoms with van der Waals surface area (Å²) in [5.41, 5.74) is 0.891. The van der Waals surface area contributed by atoms with E-state index < -0.39 is 18.5 Å². The third-order valence-corrected chi connectivity index (χ3v) is 4.95. The van der Waals surface area contributed by atoms with Crippen LogP contribution < -0.4 is 10.1 Å². The van der Waals surface area contributed by atoms with Gasteiger partial charge in [-0.15, -0.1) is 0 Å². The molecule has 33 heavy (non-hydrogen) atoms. The lowest BCUT2D eigenvalue weighted by atomic mass is 10.1. The molecule has 1 amide bonds. The summed E-state index contributed by atoms with van der Waals surface area (Å²) in [6.45, 7) is 0.0698. The molecule has 0 saturated heterocycles. The highest BCUT2D eigenvalue weighted by molar-refractivity contribution is 5.88. The fourth-order valence-corrected chi connectivity index (χ4v) is 3.23. The molecule has 1 aromatic heterocycles. The van der Waals surface area contributed by atoms with Crippen molar-refractivity contribution in [2.24, 2.45) is 0 Å². The second kappa shape index (κ2) is 10.5. The Balaban J connectivity index is 1.20. The highest BCUT2D eigenvalue weighted by Gasteiger charge is 2.15. The van der Waals surface area contributed by atoms with E-state index in [-0.39, 0.29) is 18.2 Å². The molecule has 0 aliphatic carbocycles. The van der Waals surface area contributed by atoms with Gasteiger partial charge in [0.1, 0.15) is 23.9 Å². The fraction of sp³-hybridized carbons (Fsp3) is 0.154. The third kappa shape index (κ3) is 6.20. The van der Waals surface area contributed by atoms with Crippen LogP contribution in [0.15, 0.2) is 83.3 Å². The normalized spacial score (nSPS) is 10.7. The summed E-state index contributed by atoms with van der Waals surface area (Å²) in [7, 11) is 0. The van der Waals surface area contributed by atoms with Crippen molar-refractivity contribution < 1.29 is 27.9 Å². The summed E-state index contributed by atoms with van der Waals surface area (Å²) in [6.07, 6.45) is 0.540. The number of carbonyl (C=O) groups is 2. The lowest BCUT2D eigenvalue weighted by molar-refractivity contribution is -0.124. The van der Waals surface area contributed by atoms with Gasteiger partial charge in [0.15, 0.2) is 6.61 Å². The van der Waals surface area contributed by atoms with E-state index in [0.29, 0.717) is 24.5 Å². The third-order valence-electron chi connectivity index (χ3n) is 4.95. The van der Waals surface area contributed by atoms with Crippen molar-refractivity contribution in [3.8, 4) is 5.75 Å². The van der Waals surface area contributed by atoms with Crippen LogP contribution in [0.5, 0.6) is 5.75 Å². The van der Waals surface area contributed by atoms with Gasteiger partial charge >= 0.3 is 5.97 Å². The van der Waals surface area contributed by atoms with E-state index in [1.807, 2.05) is 42.5 Å². The number of amides is 1. The summed E-state index contributed by atoms with van der Waals surface area (Å²) >= 11 is 0. The maximum atomic E-state index is 12.9. The summed E-state index contributed by atoms with van der Waals surface area (Å²) in [6, 6.07) is 22.9. The lowest BCUT2D eigenvalue weighted by Gasteiger charge is -2.06. The van der Waals surface area contributed by atoms with E-state index >= 15 is 0 Å². The molecule has 0 atom stereocenters. The number of hydrogen-bond donors (Lipinski definition) is 1. The number of carbonyl (C=O) groups excluding carboxylic acids is 2. The Kier molecular flexibility index (Phi) is 6.99. The number of rotatable bonds is 9. The van der Waals surface area contributed by atoms with Crippen LogP contribution in [0.3, 0.4) is 0 Å². The van der Waals surface area contributed by atoms with Crippen LogP contribution in [-0.2, 0) is 22.6 Å². The number of ether oxygens (including phenoxy) is 2. The number of halogens is 1. The average molecular weight is 447 g/mol. The van der Waals surface area contributed by atoms with Crippen molar-refractivity contribution in [3.63, 3.8) is 0 Å². The zero-order valence-corrected chi connectivity index (χ0v) is 17.8. The summed E-state index contributed by atoms with van der Waals surface area (Å²) in [5.74, 6) is -0.342. The van der Waals surface area contributed by atoms with Gasteiger partial charge in [-0.2, -0.15) is 0 Å². The van der Waals surface area contributed by atoms with Crippen LogP contribution in [0.1, 0.15) is 21.9 Å². The highest BCUT2D eigenvalue weighted by Crippen LogP contribution is 2.22. The maximum absolute atomic E-state index is 12.9.